The van der Waals surface area contributed by atoms with Crippen LogP contribution in [-0.4, -0.2) is 10.6 Å². The lowest BCUT2D eigenvalue weighted by Gasteiger charge is -2.03. The molecule has 0 spiro atoms. The molecule has 13 heavy (non-hydrogen) atoms. The fourth-order valence-electron chi connectivity index (χ4n) is 1.23. The van der Waals surface area contributed by atoms with Gasteiger partial charge in [-0.25, -0.2) is 0 Å². The first-order valence-corrected chi connectivity index (χ1v) is 5.72. The van der Waals surface area contributed by atoms with Crippen LogP contribution in [-0.2, 0) is 6.54 Å². The largest absolute Gasteiger partial charge is 0.321 e. The number of aromatic nitrogens is 1. The summed E-state index contributed by atoms with van der Waals surface area (Å²) in [5.74, 6) is 0. The standard InChI is InChI=1S/C10H18N2S/c1-5-6-12-9(4)7-13-10(12)11-8(2)3/h7-8H,5-6H2,1-4H3. The second kappa shape index (κ2) is 4.61. The lowest BCUT2D eigenvalue weighted by molar-refractivity contribution is 0.628. The Bertz CT molecular complexity index is 320. The molecule has 0 bridgehead atoms. The van der Waals surface area contributed by atoms with Crippen molar-refractivity contribution in [1.29, 1.82) is 0 Å². The van der Waals surface area contributed by atoms with Gasteiger partial charge in [0, 0.05) is 23.7 Å². The maximum absolute atomic E-state index is 4.58. The van der Waals surface area contributed by atoms with E-state index >= 15 is 0 Å². The van der Waals surface area contributed by atoms with Crippen LogP contribution in [0.3, 0.4) is 0 Å². The molecule has 0 saturated heterocycles. The van der Waals surface area contributed by atoms with Crippen molar-refractivity contribution in [3.05, 3.63) is 15.9 Å². The van der Waals surface area contributed by atoms with Crippen LogP contribution in [0.4, 0.5) is 0 Å². The fraction of sp³-hybridized carbons (Fsp3) is 0.700. The topological polar surface area (TPSA) is 17.3 Å². The number of thiazole rings is 1. The van der Waals surface area contributed by atoms with Crippen LogP contribution < -0.4 is 4.80 Å². The van der Waals surface area contributed by atoms with Gasteiger partial charge in [0.15, 0.2) is 4.80 Å². The Balaban J connectivity index is 3.07. The molecule has 1 aromatic heterocycles. The normalized spacial score (nSPS) is 12.8. The molecule has 0 saturated carbocycles. The molecule has 1 rings (SSSR count). The van der Waals surface area contributed by atoms with Crippen LogP contribution in [0, 0.1) is 6.92 Å². The predicted molar refractivity (Wildman–Crippen MR) is 58.0 cm³/mol. The molecular weight excluding hydrogens is 180 g/mol. The summed E-state index contributed by atoms with van der Waals surface area (Å²) < 4.78 is 2.30. The summed E-state index contributed by atoms with van der Waals surface area (Å²) in [4.78, 5) is 5.74. The van der Waals surface area contributed by atoms with Gasteiger partial charge in [-0.2, -0.15) is 0 Å². The zero-order valence-corrected chi connectivity index (χ0v) is 9.69. The molecule has 0 aromatic carbocycles. The minimum atomic E-state index is 0.390. The molecular formula is C10H18N2S. The van der Waals surface area contributed by atoms with E-state index in [9.17, 15) is 0 Å². The third-order valence-electron chi connectivity index (χ3n) is 1.81. The molecule has 0 atom stereocenters. The predicted octanol–water partition coefficient (Wildman–Crippen LogP) is 2.58. The van der Waals surface area contributed by atoms with Crippen LogP contribution in [0.5, 0.6) is 0 Å². The molecule has 1 aromatic rings. The maximum Gasteiger partial charge on any atom is 0.185 e. The monoisotopic (exact) mass is 198 g/mol. The molecule has 1 heterocycles. The zero-order chi connectivity index (χ0) is 9.84. The van der Waals surface area contributed by atoms with Gasteiger partial charge in [0.05, 0.1) is 0 Å². The lowest BCUT2D eigenvalue weighted by Crippen LogP contribution is -2.17. The van der Waals surface area contributed by atoms with Crippen molar-refractivity contribution in [3.8, 4) is 0 Å². The van der Waals surface area contributed by atoms with Crippen LogP contribution in [0.1, 0.15) is 32.9 Å². The molecule has 0 aliphatic carbocycles. The second-order valence-corrected chi connectivity index (χ2v) is 4.37. The average Bonchev–Trinajstić information content (AvgIpc) is 2.35. The number of hydrogen-bond donors (Lipinski definition) is 0. The van der Waals surface area contributed by atoms with Crippen LogP contribution >= 0.6 is 11.3 Å². The Kier molecular flexibility index (Phi) is 3.72. The van der Waals surface area contributed by atoms with E-state index in [2.05, 4.69) is 42.6 Å². The number of rotatable bonds is 3. The molecule has 2 nitrogen and oxygen atoms in total. The van der Waals surface area contributed by atoms with Gasteiger partial charge in [0.25, 0.3) is 0 Å². The van der Waals surface area contributed by atoms with Crippen LogP contribution in [0.15, 0.2) is 10.4 Å². The molecule has 0 aliphatic heterocycles. The summed E-state index contributed by atoms with van der Waals surface area (Å²) in [6, 6.07) is 0.390. The zero-order valence-electron chi connectivity index (χ0n) is 8.87. The highest BCUT2D eigenvalue weighted by Crippen LogP contribution is 2.01. The van der Waals surface area contributed by atoms with Gasteiger partial charge in [-0.3, -0.25) is 4.99 Å². The number of aryl methyl sites for hydroxylation is 1. The third kappa shape index (κ3) is 2.69. The van der Waals surface area contributed by atoms with Gasteiger partial charge < -0.3 is 4.57 Å². The van der Waals surface area contributed by atoms with E-state index in [4.69, 9.17) is 0 Å². The summed E-state index contributed by atoms with van der Waals surface area (Å²) in [5, 5.41) is 2.18. The quantitative estimate of drug-likeness (QED) is 0.710. The molecule has 0 radical (unpaired) electrons. The molecule has 0 aliphatic rings. The Morgan fingerprint density at radius 1 is 1.54 bits per heavy atom. The van der Waals surface area contributed by atoms with Crippen molar-refractivity contribution in [2.24, 2.45) is 4.99 Å². The number of nitrogens with zero attached hydrogens (tertiary/aromatic N) is 2. The van der Waals surface area contributed by atoms with Crippen molar-refractivity contribution < 1.29 is 0 Å². The summed E-state index contributed by atoms with van der Waals surface area (Å²) in [5.41, 5.74) is 1.33. The Morgan fingerprint density at radius 3 is 2.77 bits per heavy atom. The van der Waals surface area contributed by atoms with E-state index in [0.29, 0.717) is 6.04 Å². The summed E-state index contributed by atoms with van der Waals surface area (Å²) in [7, 11) is 0. The average molecular weight is 198 g/mol. The highest BCUT2D eigenvalue weighted by Gasteiger charge is 1.99. The van der Waals surface area contributed by atoms with Gasteiger partial charge >= 0.3 is 0 Å². The van der Waals surface area contributed by atoms with Crippen molar-refractivity contribution in [2.45, 2.75) is 46.7 Å². The van der Waals surface area contributed by atoms with Gasteiger partial charge in [0.1, 0.15) is 0 Å². The molecule has 74 valence electrons. The Labute approximate surface area is 84.0 Å². The van der Waals surface area contributed by atoms with E-state index in [-0.39, 0.29) is 0 Å². The molecule has 0 unspecified atom stereocenters. The van der Waals surface area contributed by atoms with E-state index in [1.807, 2.05) is 0 Å². The van der Waals surface area contributed by atoms with E-state index in [0.717, 1.165) is 11.3 Å². The van der Waals surface area contributed by atoms with Gasteiger partial charge in [-0.15, -0.1) is 11.3 Å². The first-order chi connectivity index (χ1) is 6.15. The first-order valence-electron chi connectivity index (χ1n) is 4.84. The summed E-state index contributed by atoms with van der Waals surface area (Å²) in [6.07, 6.45) is 1.17. The molecule has 3 heteroatoms. The summed E-state index contributed by atoms with van der Waals surface area (Å²) in [6.45, 7) is 9.66. The van der Waals surface area contributed by atoms with Crippen molar-refractivity contribution in [2.75, 3.05) is 0 Å². The van der Waals surface area contributed by atoms with Crippen molar-refractivity contribution in [3.63, 3.8) is 0 Å². The Hall–Kier alpha value is -0.570. The number of hydrogen-bond acceptors (Lipinski definition) is 2. The van der Waals surface area contributed by atoms with E-state index in [1.54, 1.807) is 11.3 Å². The lowest BCUT2D eigenvalue weighted by atomic mass is 10.4. The fourth-order valence-corrected chi connectivity index (χ4v) is 2.27. The van der Waals surface area contributed by atoms with E-state index in [1.165, 1.54) is 12.1 Å². The van der Waals surface area contributed by atoms with E-state index < -0.39 is 0 Å². The van der Waals surface area contributed by atoms with Crippen LogP contribution in [0.25, 0.3) is 0 Å². The highest BCUT2D eigenvalue weighted by atomic mass is 32.1. The smallest absolute Gasteiger partial charge is 0.185 e. The highest BCUT2D eigenvalue weighted by molar-refractivity contribution is 7.07. The van der Waals surface area contributed by atoms with Gasteiger partial charge in [0.2, 0.25) is 0 Å². The maximum atomic E-state index is 4.58. The minimum Gasteiger partial charge on any atom is -0.321 e. The van der Waals surface area contributed by atoms with Crippen molar-refractivity contribution in [1.82, 2.24) is 4.57 Å². The van der Waals surface area contributed by atoms with Gasteiger partial charge in [-0.05, 0) is 27.2 Å². The SMILES string of the molecule is CCCn1c(C)csc1=NC(C)C. The minimum absolute atomic E-state index is 0.390. The summed E-state index contributed by atoms with van der Waals surface area (Å²) >= 11 is 1.74. The second-order valence-electron chi connectivity index (χ2n) is 3.53. The molecule has 0 N–H and O–H groups in total. The molecule has 0 fully saturated rings. The van der Waals surface area contributed by atoms with Crippen molar-refractivity contribution >= 4 is 11.3 Å². The van der Waals surface area contributed by atoms with Gasteiger partial charge in [-0.1, -0.05) is 6.92 Å². The Morgan fingerprint density at radius 2 is 2.23 bits per heavy atom. The van der Waals surface area contributed by atoms with Crippen LogP contribution in [0.2, 0.25) is 0 Å². The first kappa shape index (κ1) is 10.5. The third-order valence-corrected chi connectivity index (χ3v) is 2.80. The molecule has 0 amide bonds.